The third kappa shape index (κ3) is 6.75. The molecule has 1 saturated heterocycles. The van der Waals surface area contributed by atoms with Crippen LogP contribution in [0.5, 0.6) is 0 Å². The predicted octanol–water partition coefficient (Wildman–Crippen LogP) is 3.04. The Morgan fingerprint density at radius 2 is 1.93 bits per heavy atom. The largest absolute Gasteiger partial charge is 0.356 e. The lowest BCUT2D eigenvalue weighted by Gasteiger charge is -2.34. The maximum absolute atomic E-state index is 6.18. The zero-order valence-corrected chi connectivity index (χ0v) is 20.5. The number of piperazine rings is 1. The number of nitrogens with zero attached hydrogens (tertiary/aromatic N) is 3. The predicted molar refractivity (Wildman–Crippen MR) is 130 cm³/mol. The Balaban J connectivity index is 0.00000280. The molecule has 1 aromatic carbocycles. The molecule has 1 aromatic rings. The minimum atomic E-state index is 0. The maximum atomic E-state index is 6.18. The number of benzene rings is 1. The molecule has 1 heterocycles. The van der Waals surface area contributed by atoms with E-state index in [0.717, 1.165) is 30.6 Å². The molecule has 0 spiro atoms. The summed E-state index contributed by atoms with van der Waals surface area (Å²) in [5.74, 6) is 1.49. The molecule has 1 atom stereocenters. The van der Waals surface area contributed by atoms with Gasteiger partial charge in [0, 0.05) is 63.3 Å². The van der Waals surface area contributed by atoms with E-state index in [2.05, 4.69) is 51.5 Å². The van der Waals surface area contributed by atoms with Crippen LogP contribution in [-0.2, 0) is 5.41 Å². The van der Waals surface area contributed by atoms with Crippen molar-refractivity contribution in [1.29, 1.82) is 0 Å². The van der Waals surface area contributed by atoms with E-state index in [1.165, 1.54) is 44.6 Å². The molecule has 1 unspecified atom stereocenters. The van der Waals surface area contributed by atoms with E-state index >= 15 is 0 Å². The normalized spacial score (nSPS) is 20.9. The van der Waals surface area contributed by atoms with Gasteiger partial charge in [-0.05, 0) is 43.5 Å². The van der Waals surface area contributed by atoms with Gasteiger partial charge in [0.05, 0.1) is 0 Å². The molecule has 1 saturated carbocycles. The van der Waals surface area contributed by atoms with Crippen molar-refractivity contribution >= 4 is 41.5 Å². The fourth-order valence-electron chi connectivity index (χ4n) is 3.82. The minimum Gasteiger partial charge on any atom is -0.356 e. The first-order valence-electron chi connectivity index (χ1n) is 10.1. The Labute approximate surface area is 192 Å². The Bertz CT molecular complexity index is 641. The number of nitrogens with one attached hydrogen (secondary N) is 2. The highest BCUT2D eigenvalue weighted by Crippen LogP contribution is 2.48. The average molecular weight is 520 g/mol. The number of rotatable bonds is 7. The molecule has 7 heteroatoms. The Morgan fingerprint density at radius 1 is 1.21 bits per heavy atom. The molecule has 1 aliphatic carbocycles. The zero-order chi connectivity index (χ0) is 19.3. The SMILES string of the molecule is CN=C(NCC(C)CN1CCN(C)CC1)NCC1(c2cccc(Cl)c2)CC1.I. The average Bonchev–Trinajstić information content (AvgIpc) is 3.45. The lowest BCUT2D eigenvalue weighted by atomic mass is 9.96. The molecule has 2 fully saturated rings. The van der Waals surface area contributed by atoms with Crippen LogP contribution in [0.25, 0.3) is 0 Å². The molecule has 0 aromatic heterocycles. The molecule has 2 N–H and O–H groups in total. The lowest BCUT2D eigenvalue weighted by Crippen LogP contribution is -2.48. The van der Waals surface area contributed by atoms with E-state index in [-0.39, 0.29) is 29.4 Å². The molecule has 158 valence electrons. The van der Waals surface area contributed by atoms with E-state index < -0.39 is 0 Å². The summed E-state index contributed by atoms with van der Waals surface area (Å²) in [5.41, 5.74) is 1.55. The number of aliphatic imine (C=N–C) groups is 1. The second-order valence-corrected chi connectivity index (χ2v) is 8.74. The van der Waals surface area contributed by atoms with Gasteiger partial charge in [-0.1, -0.05) is 30.7 Å². The smallest absolute Gasteiger partial charge is 0.191 e. The van der Waals surface area contributed by atoms with Crippen molar-refractivity contribution in [1.82, 2.24) is 20.4 Å². The maximum Gasteiger partial charge on any atom is 0.191 e. The molecule has 2 aliphatic rings. The van der Waals surface area contributed by atoms with Gasteiger partial charge in [0.2, 0.25) is 0 Å². The fourth-order valence-corrected chi connectivity index (χ4v) is 4.01. The van der Waals surface area contributed by atoms with Gasteiger partial charge in [-0.15, -0.1) is 24.0 Å². The first-order chi connectivity index (χ1) is 13.0. The van der Waals surface area contributed by atoms with Gasteiger partial charge in [-0.2, -0.15) is 0 Å². The van der Waals surface area contributed by atoms with Gasteiger partial charge in [0.1, 0.15) is 0 Å². The topological polar surface area (TPSA) is 42.9 Å². The second kappa shape index (κ2) is 11.0. The van der Waals surface area contributed by atoms with Crippen LogP contribution in [0.3, 0.4) is 0 Å². The molecule has 0 amide bonds. The molecule has 28 heavy (non-hydrogen) atoms. The van der Waals surface area contributed by atoms with Gasteiger partial charge in [0.15, 0.2) is 5.96 Å². The van der Waals surface area contributed by atoms with Crippen molar-refractivity contribution in [3.05, 3.63) is 34.9 Å². The zero-order valence-electron chi connectivity index (χ0n) is 17.4. The number of hydrogen-bond acceptors (Lipinski definition) is 3. The highest BCUT2D eigenvalue weighted by Gasteiger charge is 2.44. The molecule has 0 bridgehead atoms. The highest BCUT2D eigenvalue weighted by molar-refractivity contribution is 14.0. The molecule has 5 nitrogen and oxygen atoms in total. The molecular formula is C21H35ClIN5. The van der Waals surface area contributed by atoms with Crippen molar-refractivity contribution in [2.24, 2.45) is 10.9 Å². The minimum absolute atomic E-state index is 0. The van der Waals surface area contributed by atoms with Crippen molar-refractivity contribution < 1.29 is 0 Å². The van der Waals surface area contributed by atoms with E-state index in [9.17, 15) is 0 Å². The van der Waals surface area contributed by atoms with Crippen LogP contribution in [0.1, 0.15) is 25.3 Å². The Hall–Kier alpha value is -0.570. The molecule has 0 radical (unpaired) electrons. The van der Waals surface area contributed by atoms with Crippen LogP contribution >= 0.6 is 35.6 Å². The summed E-state index contributed by atoms with van der Waals surface area (Å²) >= 11 is 6.18. The van der Waals surface area contributed by atoms with E-state index in [1.807, 2.05) is 19.2 Å². The number of hydrogen-bond donors (Lipinski definition) is 2. The van der Waals surface area contributed by atoms with Crippen molar-refractivity contribution in [3.63, 3.8) is 0 Å². The number of guanidine groups is 1. The molecule has 1 aliphatic heterocycles. The number of halogens is 2. The van der Waals surface area contributed by atoms with Crippen molar-refractivity contribution in [2.45, 2.75) is 25.2 Å². The van der Waals surface area contributed by atoms with Crippen LogP contribution in [-0.4, -0.2) is 75.7 Å². The summed E-state index contributed by atoms with van der Waals surface area (Å²) in [5, 5.41) is 7.86. The monoisotopic (exact) mass is 519 g/mol. The van der Waals surface area contributed by atoms with Gasteiger partial charge >= 0.3 is 0 Å². The van der Waals surface area contributed by atoms with Gasteiger partial charge in [0.25, 0.3) is 0 Å². The van der Waals surface area contributed by atoms with Gasteiger partial charge < -0.3 is 20.4 Å². The van der Waals surface area contributed by atoms with E-state index in [1.54, 1.807) is 0 Å². The second-order valence-electron chi connectivity index (χ2n) is 8.31. The summed E-state index contributed by atoms with van der Waals surface area (Å²) < 4.78 is 0. The summed E-state index contributed by atoms with van der Waals surface area (Å²) in [4.78, 5) is 9.38. The van der Waals surface area contributed by atoms with Crippen LogP contribution in [0.4, 0.5) is 0 Å². The standard InChI is InChI=1S/C21H34ClN5.HI/c1-17(15-27-11-9-26(3)10-12-27)14-24-20(23-2)25-16-21(7-8-21)18-5-4-6-19(22)13-18;/h4-6,13,17H,7-12,14-16H2,1-3H3,(H2,23,24,25);1H. The van der Waals surface area contributed by atoms with Crippen LogP contribution < -0.4 is 10.6 Å². The van der Waals surface area contributed by atoms with Crippen molar-refractivity contribution in [3.8, 4) is 0 Å². The molecular weight excluding hydrogens is 485 g/mol. The third-order valence-corrected chi connectivity index (χ3v) is 6.13. The van der Waals surface area contributed by atoms with Gasteiger partial charge in [-0.25, -0.2) is 0 Å². The van der Waals surface area contributed by atoms with Crippen LogP contribution in [0.15, 0.2) is 29.3 Å². The Morgan fingerprint density at radius 3 is 2.54 bits per heavy atom. The van der Waals surface area contributed by atoms with E-state index in [4.69, 9.17) is 11.6 Å². The van der Waals surface area contributed by atoms with E-state index in [0.29, 0.717) is 5.92 Å². The summed E-state index contributed by atoms with van der Waals surface area (Å²) in [6, 6.07) is 8.28. The Kier molecular flexibility index (Phi) is 9.31. The lowest BCUT2D eigenvalue weighted by molar-refractivity contribution is 0.139. The quantitative estimate of drug-likeness (QED) is 0.330. The van der Waals surface area contributed by atoms with Crippen molar-refractivity contribution in [2.75, 3.05) is 59.9 Å². The van der Waals surface area contributed by atoms with Gasteiger partial charge in [-0.3, -0.25) is 4.99 Å². The third-order valence-electron chi connectivity index (χ3n) is 5.89. The summed E-state index contributed by atoms with van der Waals surface area (Å²) in [6.45, 7) is 10.0. The van der Waals surface area contributed by atoms with Crippen LogP contribution in [0.2, 0.25) is 5.02 Å². The fraction of sp³-hybridized carbons (Fsp3) is 0.667. The highest BCUT2D eigenvalue weighted by atomic mass is 127. The summed E-state index contributed by atoms with van der Waals surface area (Å²) in [6.07, 6.45) is 2.41. The number of likely N-dealkylation sites (N-methyl/N-ethyl adjacent to an activating group) is 1. The molecule has 3 rings (SSSR count). The van der Waals surface area contributed by atoms with Crippen LogP contribution in [0, 0.1) is 5.92 Å². The summed E-state index contributed by atoms with van der Waals surface area (Å²) in [7, 11) is 4.05. The first kappa shape index (κ1) is 23.7. The first-order valence-corrected chi connectivity index (χ1v) is 10.5.